The first-order valence-electron chi connectivity index (χ1n) is 9.23. The smallest absolute Gasteiger partial charge is 0.119 e. The highest BCUT2D eigenvalue weighted by Crippen LogP contribution is 2.15. The molecule has 125 valence electrons. The molecule has 1 nitrogen and oxygen atoms in total. The molecule has 0 saturated carbocycles. The third-order valence-corrected chi connectivity index (χ3v) is 4.36. The zero-order valence-corrected chi connectivity index (χ0v) is 15.1. The molecule has 0 spiro atoms. The fourth-order valence-electron chi connectivity index (χ4n) is 2.67. The summed E-state index contributed by atoms with van der Waals surface area (Å²) in [6.45, 7) is 3.11. The van der Waals surface area contributed by atoms with Crippen molar-refractivity contribution < 1.29 is 4.74 Å². The average molecular weight is 322 g/mol. The van der Waals surface area contributed by atoms with Gasteiger partial charge in [-0.1, -0.05) is 90.2 Å². The topological polar surface area (TPSA) is 9.23 Å². The summed E-state index contributed by atoms with van der Waals surface area (Å²) in [5.41, 5.74) is 0. The van der Waals surface area contributed by atoms with Crippen molar-refractivity contribution in [2.75, 3.05) is 6.61 Å². The molecule has 0 heterocycles. The number of unbranched alkanes of at least 4 members (excludes halogenated alkanes) is 11. The van der Waals surface area contributed by atoms with Crippen molar-refractivity contribution in [2.24, 2.45) is 0 Å². The molecular formula is C20H33OS. The minimum atomic E-state index is 0.828. The fraction of sp³-hybridized carbons (Fsp3) is 0.700. The third-order valence-electron chi connectivity index (χ3n) is 4.09. The van der Waals surface area contributed by atoms with Crippen LogP contribution in [0.4, 0.5) is 0 Å². The van der Waals surface area contributed by atoms with Gasteiger partial charge in [0, 0.05) is 4.90 Å². The standard InChI is InChI=1S/C20H33OS/c1-2-3-4-5-6-7-8-9-10-11-12-13-18-21-19-14-16-20(22)17-15-19/h14-17H,2-13,18H2,1H3. The number of ether oxygens (including phenoxy) is 1. The zero-order chi connectivity index (χ0) is 15.9. The van der Waals surface area contributed by atoms with E-state index in [0.29, 0.717) is 0 Å². The second-order valence-electron chi connectivity index (χ2n) is 6.21. The largest absolute Gasteiger partial charge is 0.494 e. The second-order valence-corrected chi connectivity index (χ2v) is 6.68. The Balaban J connectivity index is 1.79. The lowest BCUT2D eigenvalue weighted by Gasteiger charge is -2.06. The van der Waals surface area contributed by atoms with E-state index in [4.69, 9.17) is 17.4 Å². The van der Waals surface area contributed by atoms with Gasteiger partial charge in [-0.05, 0) is 30.7 Å². The van der Waals surface area contributed by atoms with Crippen LogP contribution in [0.5, 0.6) is 5.75 Å². The molecule has 0 unspecified atom stereocenters. The predicted molar refractivity (Wildman–Crippen MR) is 98.9 cm³/mol. The summed E-state index contributed by atoms with van der Waals surface area (Å²) in [5.74, 6) is 0.941. The quantitative estimate of drug-likeness (QED) is 0.326. The lowest BCUT2D eigenvalue weighted by Crippen LogP contribution is -1.97. The molecule has 0 aliphatic heterocycles. The predicted octanol–water partition coefficient (Wildman–Crippen LogP) is 7.32. The first-order chi connectivity index (χ1) is 10.8. The Labute approximate surface area is 143 Å². The first kappa shape index (κ1) is 19.3. The van der Waals surface area contributed by atoms with Gasteiger partial charge in [-0.3, -0.25) is 0 Å². The second kappa shape index (κ2) is 13.9. The minimum Gasteiger partial charge on any atom is -0.494 e. The van der Waals surface area contributed by atoms with Crippen molar-refractivity contribution in [1.82, 2.24) is 0 Å². The normalized spacial score (nSPS) is 10.8. The molecule has 0 aliphatic rings. The fourth-order valence-corrected chi connectivity index (χ4v) is 2.81. The van der Waals surface area contributed by atoms with Crippen molar-refractivity contribution in [3.05, 3.63) is 24.3 Å². The Morgan fingerprint density at radius 2 is 1.14 bits per heavy atom. The summed E-state index contributed by atoms with van der Waals surface area (Å²) in [5, 5.41) is 0. The van der Waals surface area contributed by atoms with E-state index in [1.54, 1.807) is 0 Å². The van der Waals surface area contributed by atoms with Crippen LogP contribution >= 0.6 is 12.6 Å². The molecule has 22 heavy (non-hydrogen) atoms. The van der Waals surface area contributed by atoms with Gasteiger partial charge in [0.15, 0.2) is 0 Å². The van der Waals surface area contributed by atoms with Crippen LogP contribution in [0.2, 0.25) is 0 Å². The van der Waals surface area contributed by atoms with Crippen LogP contribution in [0, 0.1) is 0 Å². The Hall–Kier alpha value is -0.760. The molecule has 0 N–H and O–H groups in total. The van der Waals surface area contributed by atoms with E-state index in [2.05, 4.69) is 6.92 Å². The van der Waals surface area contributed by atoms with Gasteiger partial charge >= 0.3 is 0 Å². The van der Waals surface area contributed by atoms with E-state index < -0.39 is 0 Å². The van der Waals surface area contributed by atoms with Crippen LogP contribution in [0.25, 0.3) is 0 Å². The van der Waals surface area contributed by atoms with E-state index in [-0.39, 0.29) is 0 Å². The lowest BCUT2D eigenvalue weighted by molar-refractivity contribution is 0.304. The zero-order valence-electron chi connectivity index (χ0n) is 14.3. The maximum Gasteiger partial charge on any atom is 0.119 e. The monoisotopic (exact) mass is 321 g/mol. The van der Waals surface area contributed by atoms with Crippen molar-refractivity contribution in [3.8, 4) is 5.75 Å². The molecule has 0 saturated heterocycles. The summed E-state index contributed by atoms with van der Waals surface area (Å²) in [6.07, 6.45) is 16.5. The van der Waals surface area contributed by atoms with Gasteiger partial charge in [0.25, 0.3) is 0 Å². The number of benzene rings is 1. The van der Waals surface area contributed by atoms with Crippen molar-refractivity contribution in [2.45, 2.75) is 88.9 Å². The molecule has 1 radical (unpaired) electrons. The highest BCUT2D eigenvalue weighted by atomic mass is 32.1. The van der Waals surface area contributed by atoms with Gasteiger partial charge in [-0.25, -0.2) is 0 Å². The molecule has 0 bridgehead atoms. The Kier molecular flexibility index (Phi) is 12.2. The first-order valence-corrected chi connectivity index (χ1v) is 9.63. The molecular weight excluding hydrogens is 288 g/mol. The Morgan fingerprint density at radius 3 is 1.64 bits per heavy atom. The van der Waals surface area contributed by atoms with E-state index in [1.807, 2.05) is 24.3 Å². The van der Waals surface area contributed by atoms with Gasteiger partial charge in [-0.15, -0.1) is 0 Å². The highest BCUT2D eigenvalue weighted by molar-refractivity contribution is 7.80. The van der Waals surface area contributed by atoms with E-state index in [1.165, 1.54) is 70.6 Å². The summed E-state index contributed by atoms with van der Waals surface area (Å²) in [4.78, 5) is 0.873. The number of hydrogen-bond acceptors (Lipinski definition) is 1. The molecule has 0 atom stereocenters. The van der Waals surface area contributed by atoms with Crippen molar-refractivity contribution >= 4 is 12.6 Å². The van der Waals surface area contributed by atoms with E-state index in [0.717, 1.165) is 23.7 Å². The third kappa shape index (κ3) is 10.9. The molecule has 0 aromatic heterocycles. The van der Waals surface area contributed by atoms with Crippen LogP contribution in [-0.2, 0) is 0 Å². The molecule has 0 amide bonds. The van der Waals surface area contributed by atoms with Gasteiger partial charge < -0.3 is 4.74 Å². The summed E-state index contributed by atoms with van der Waals surface area (Å²) in [7, 11) is 0. The Morgan fingerprint density at radius 1 is 0.682 bits per heavy atom. The molecule has 1 aromatic rings. The van der Waals surface area contributed by atoms with Gasteiger partial charge in [0.1, 0.15) is 5.75 Å². The SMILES string of the molecule is CCCCCCCCCCCCCCOc1ccc([S])cc1. The summed E-state index contributed by atoms with van der Waals surface area (Å²) < 4.78 is 5.71. The molecule has 2 heteroatoms. The maximum absolute atomic E-state index is 5.71. The summed E-state index contributed by atoms with van der Waals surface area (Å²) in [6, 6.07) is 7.77. The van der Waals surface area contributed by atoms with Gasteiger partial charge in [0.05, 0.1) is 6.61 Å². The molecule has 1 aromatic carbocycles. The minimum absolute atomic E-state index is 0.828. The summed E-state index contributed by atoms with van der Waals surface area (Å²) >= 11 is 5.06. The molecule has 1 rings (SSSR count). The van der Waals surface area contributed by atoms with E-state index >= 15 is 0 Å². The van der Waals surface area contributed by atoms with Crippen LogP contribution in [0.1, 0.15) is 84.0 Å². The van der Waals surface area contributed by atoms with Crippen molar-refractivity contribution in [3.63, 3.8) is 0 Å². The lowest BCUT2D eigenvalue weighted by atomic mass is 10.1. The van der Waals surface area contributed by atoms with E-state index in [9.17, 15) is 0 Å². The average Bonchev–Trinajstić information content (AvgIpc) is 2.53. The van der Waals surface area contributed by atoms with Crippen LogP contribution < -0.4 is 4.74 Å². The van der Waals surface area contributed by atoms with Crippen LogP contribution in [0.3, 0.4) is 0 Å². The maximum atomic E-state index is 5.71. The van der Waals surface area contributed by atoms with Gasteiger partial charge in [0.2, 0.25) is 0 Å². The Bertz CT molecular complexity index is 347. The van der Waals surface area contributed by atoms with Gasteiger partial charge in [-0.2, -0.15) is 0 Å². The van der Waals surface area contributed by atoms with Crippen LogP contribution in [0.15, 0.2) is 29.2 Å². The number of hydrogen-bond donors (Lipinski definition) is 0. The molecule has 0 fully saturated rings. The highest BCUT2D eigenvalue weighted by Gasteiger charge is 1.95. The van der Waals surface area contributed by atoms with Crippen LogP contribution in [-0.4, -0.2) is 6.61 Å². The molecule has 0 aliphatic carbocycles. The number of rotatable bonds is 14. The van der Waals surface area contributed by atoms with Crippen molar-refractivity contribution in [1.29, 1.82) is 0 Å².